The molecule has 19 heavy (non-hydrogen) atoms. The Kier molecular flexibility index (Phi) is 6.03. The number of nitrogens with two attached hydrogens (primary N) is 1. The summed E-state index contributed by atoms with van der Waals surface area (Å²) < 4.78 is 5.34. The van der Waals surface area contributed by atoms with Gasteiger partial charge in [0.2, 0.25) is 0 Å². The number of piperazine rings is 1. The molecule has 0 aliphatic carbocycles. The molecule has 0 aromatic heterocycles. The Hall–Kier alpha value is -0.850. The van der Waals surface area contributed by atoms with Crippen LogP contribution < -0.4 is 5.73 Å². The lowest BCUT2D eigenvalue weighted by Gasteiger charge is -2.35. The van der Waals surface area contributed by atoms with Crippen LogP contribution in [-0.4, -0.2) is 72.0 Å². The number of hydrogen-bond donors (Lipinski definition) is 2. The summed E-state index contributed by atoms with van der Waals surface area (Å²) in [5, 5.41) is 8.87. The molecular weight excluding hydrogens is 246 g/mol. The average Bonchev–Trinajstić information content (AvgIpc) is 2.34. The minimum Gasteiger partial charge on any atom is -0.444 e. The molecule has 6 nitrogen and oxygen atoms in total. The standard InChI is InChI=1S/C13H27N3O3/c1-13(2,3)19-12(18)16-8-6-15(7-9-16)5-4-11(14)10-17/h11,17H,4-10,14H2,1-3H3. The molecule has 1 amide bonds. The first-order chi connectivity index (χ1) is 8.81. The molecule has 1 fully saturated rings. The number of rotatable bonds is 4. The van der Waals surface area contributed by atoms with Gasteiger partial charge in [-0.05, 0) is 33.7 Å². The number of carbonyl (C=O) groups is 1. The summed E-state index contributed by atoms with van der Waals surface area (Å²) in [4.78, 5) is 15.9. The fourth-order valence-corrected chi connectivity index (χ4v) is 1.92. The van der Waals surface area contributed by atoms with Crippen LogP contribution >= 0.6 is 0 Å². The van der Waals surface area contributed by atoms with E-state index in [4.69, 9.17) is 15.6 Å². The van der Waals surface area contributed by atoms with E-state index in [0.29, 0.717) is 13.1 Å². The zero-order chi connectivity index (χ0) is 14.5. The summed E-state index contributed by atoms with van der Waals surface area (Å²) in [6, 6.07) is -0.149. The topological polar surface area (TPSA) is 79.0 Å². The van der Waals surface area contributed by atoms with Crippen molar-refractivity contribution in [3.63, 3.8) is 0 Å². The van der Waals surface area contributed by atoms with Gasteiger partial charge in [-0.3, -0.25) is 4.90 Å². The van der Waals surface area contributed by atoms with Gasteiger partial charge in [-0.25, -0.2) is 4.79 Å². The van der Waals surface area contributed by atoms with Gasteiger partial charge in [-0.15, -0.1) is 0 Å². The van der Waals surface area contributed by atoms with E-state index < -0.39 is 5.60 Å². The Labute approximate surface area is 115 Å². The first kappa shape index (κ1) is 16.2. The molecule has 1 unspecified atom stereocenters. The van der Waals surface area contributed by atoms with E-state index in [0.717, 1.165) is 26.1 Å². The third kappa shape index (κ3) is 6.22. The first-order valence-corrected chi connectivity index (χ1v) is 6.88. The second kappa shape index (κ2) is 7.07. The van der Waals surface area contributed by atoms with Crippen LogP contribution in [-0.2, 0) is 4.74 Å². The zero-order valence-corrected chi connectivity index (χ0v) is 12.3. The normalized spacial score (nSPS) is 19.3. The molecule has 112 valence electrons. The number of amides is 1. The highest BCUT2D eigenvalue weighted by molar-refractivity contribution is 5.68. The third-order valence-electron chi connectivity index (χ3n) is 3.07. The highest BCUT2D eigenvalue weighted by Crippen LogP contribution is 2.12. The third-order valence-corrected chi connectivity index (χ3v) is 3.07. The zero-order valence-electron chi connectivity index (χ0n) is 12.3. The summed E-state index contributed by atoms with van der Waals surface area (Å²) in [5.41, 5.74) is 5.23. The van der Waals surface area contributed by atoms with Crippen molar-refractivity contribution in [2.24, 2.45) is 5.73 Å². The van der Waals surface area contributed by atoms with Gasteiger partial charge in [0.1, 0.15) is 5.60 Å². The van der Waals surface area contributed by atoms with E-state index >= 15 is 0 Å². The molecule has 1 heterocycles. The molecule has 1 aliphatic rings. The van der Waals surface area contributed by atoms with E-state index in [-0.39, 0.29) is 18.7 Å². The molecule has 3 N–H and O–H groups in total. The predicted octanol–water partition coefficient (Wildman–Crippen LogP) is 0.249. The van der Waals surface area contributed by atoms with E-state index in [2.05, 4.69) is 4.90 Å². The largest absolute Gasteiger partial charge is 0.444 e. The molecule has 6 heteroatoms. The smallest absolute Gasteiger partial charge is 0.410 e. The van der Waals surface area contributed by atoms with Gasteiger partial charge in [0.15, 0.2) is 0 Å². The first-order valence-electron chi connectivity index (χ1n) is 6.88. The molecule has 1 atom stereocenters. The summed E-state index contributed by atoms with van der Waals surface area (Å²) in [5.74, 6) is 0. The van der Waals surface area contributed by atoms with Crippen molar-refractivity contribution < 1.29 is 14.6 Å². The SMILES string of the molecule is CC(C)(C)OC(=O)N1CCN(CCC(N)CO)CC1. The Balaban J connectivity index is 2.27. The Bertz CT molecular complexity index is 283. The molecule has 0 spiro atoms. The highest BCUT2D eigenvalue weighted by atomic mass is 16.6. The Morgan fingerprint density at radius 2 is 1.89 bits per heavy atom. The molecule has 0 aromatic rings. The predicted molar refractivity (Wildman–Crippen MR) is 73.9 cm³/mol. The van der Waals surface area contributed by atoms with E-state index in [1.165, 1.54) is 0 Å². The van der Waals surface area contributed by atoms with E-state index in [1.807, 2.05) is 20.8 Å². The number of hydrogen-bond acceptors (Lipinski definition) is 5. The molecule has 1 saturated heterocycles. The van der Waals surface area contributed by atoms with Gasteiger partial charge in [-0.1, -0.05) is 0 Å². The fraction of sp³-hybridized carbons (Fsp3) is 0.923. The Morgan fingerprint density at radius 1 is 1.32 bits per heavy atom. The summed E-state index contributed by atoms with van der Waals surface area (Å²) in [6.07, 6.45) is 0.544. The van der Waals surface area contributed by atoms with Crippen molar-refractivity contribution >= 4 is 6.09 Å². The quantitative estimate of drug-likeness (QED) is 0.767. The number of aliphatic hydroxyl groups excluding tert-OH is 1. The fourth-order valence-electron chi connectivity index (χ4n) is 1.92. The molecule has 0 aromatic carbocycles. The van der Waals surface area contributed by atoms with Crippen LogP contribution in [0.2, 0.25) is 0 Å². The van der Waals surface area contributed by atoms with Crippen LogP contribution in [0.15, 0.2) is 0 Å². The van der Waals surface area contributed by atoms with Gasteiger partial charge in [0.25, 0.3) is 0 Å². The number of aliphatic hydroxyl groups is 1. The number of carbonyl (C=O) groups excluding carboxylic acids is 1. The van der Waals surface area contributed by atoms with Crippen molar-refractivity contribution in [2.75, 3.05) is 39.3 Å². The average molecular weight is 273 g/mol. The van der Waals surface area contributed by atoms with Crippen LogP contribution in [0.25, 0.3) is 0 Å². The van der Waals surface area contributed by atoms with Crippen LogP contribution in [0.5, 0.6) is 0 Å². The summed E-state index contributed by atoms with van der Waals surface area (Å²) >= 11 is 0. The van der Waals surface area contributed by atoms with Crippen molar-refractivity contribution in [1.82, 2.24) is 9.80 Å². The van der Waals surface area contributed by atoms with Crippen LogP contribution in [0.4, 0.5) is 4.79 Å². The minimum absolute atomic E-state index is 0.0257. The van der Waals surface area contributed by atoms with Crippen LogP contribution in [0.3, 0.4) is 0 Å². The van der Waals surface area contributed by atoms with Crippen molar-refractivity contribution in [3.05, 3.63) is 0 Å². The van der Waals surface area contributed by atoms with Gasteiger partial charge in [0, 0.05) is 32.2 Å². The number of ether oxygens (including phenoxy) is 1. The summed E-state index contributed by atoms with van der Waals surface area (Å²) in [6.45, 7) is 9.54. The van der Waals surface area contributed by atoms with Gasteiger partial charge < -0.3 is 20.5 Å². The van der Waals surface area contributed by atoms with Gasteiger partial charge in [0.05, 0.1) is 6.61 Å². The maximum Gasteiger partial charge on any atom is 0.410 e. The number of nitrogens with zero attached hydrogens (tertiary/aromatic N) is 2. The lowest BCUT2D eigenvalue weighted by Crippen LogP contribution is -2.50. The molecule has 1 aliphatic heterocycles. The van der Waals surface area contributed by atoms with E-state index in [1.54, 1.807) is 4.90 Å². The maximum atomic E-state index is 11.9. The van der Waals surface area contributed by atoms with Crippen molar-refractivity contribution in [2.45, 2.75) is 38.8 Å². The summed E-state index contributed by atoms with van der Waals surface area (Å²) in [7, 11) is 0. The molecule has 0 saturated carbocycles. The second-order valence-corrected chi connectivity index (χ2v) is 6.04. The van der Waals surface area contributed by atoms with Gasteiger partial charge in [-0.2, -0.15) is 0 Å². The van der Waals surface area contributed by atoms with Crippen LogP contribution in [0.1, 0.15) is 27.2 Å². The van der Waals surface area contributed by atoms with Crippen molar-refractivity contribution in [3.8, 4) is 0 Å². The lowest BCUT2D eigenvalue weighted by molar-refractivity contribution is 0.0142. The van der Waals surface area contributed by atoms with Crippen LogP contribution in [0, 0.1) is 0 Å². The highest BCUT2D eigenvalue weighted by Gasteiger charge is 2.25. The molecule has 0 bridgehead atoms. The maximum absolute atomic E-state index is 11.9. The second-order valence-electron chi connectivity index (χ2n) is 6.04. The minimum atomic E-state index is -0.442. The lowest BCUT2D eigenvalue weighted by atomic mass is 10.2. The van der Waals surface area contributed by atoms with E-state index in [9.17, 15) is 4.79 Å². The van der Waals surface area contributed by atoms with Gasteiger partial charge >= 0.3 is 6.09 Å². The monoisotopic (exact) mass is 273 g/mol. The molecule has 1 rings (SSSR count). The molecule has 0 radical (unpaired) electrons. The Morgan fingerprint density at radius 3 is 2.37 bits per heavy atom. The molecular formula is C13H27N3O3. The van der Waals surface area contributed by atoms with Crippen molar-refractivity contribution in [1.29, 1.82) is 0 Å².